The minimum absolute atomic E-state index is 0.137. The van der Waals surface area contributed by atoms with Crippen LogP contribution in [0.5, 0.6) is 0 Å². The standard InChI is InChI=1S/C17H21BrFNS/c1-3-9-20-17(11-14-7-6-13(4-2)21-14)15-10-12(19)5-8-16(15)18/h5-8,10,17,20H,3-4,9,11H2,1-2H3. The van der Waals surface area contributed by atoms with E-state index in [0.717, 1.165) is 35.8 Å². The second-order valence-electron chi connectivity index (χ2n) is 5.10. The zero-order valence-corrected chi connectivity index (χ0v) is 14.9. The van der Waals surface area contributed by atoms with E-state index >= 15 is 0 Å². The zero-order chi connectivity index (χ0) is 15.2. The van der Waals surface area contributed by atoms with Gasteiger partial charge in [-0.25, -0.2) is 4.39 Å². The van der Waals surface area contributed by atoms with Crippen molar-refractivity contribution in [1.29, 1.82) is 0 Å². The van der Waals surface area contributed by atoms with Crippen molar-refractivity contribution in [2.75, 3.05) is 6.54 Å². The molecule has 0 saturated carbocycles. The third kappa shape index (κ3) is 4.63. The summed E-state index contributed by atoms with van der Waals surface area (Å²) in [5, 5.41) is 3.54. The molecule has 0 aliphatic rings. The Bertz CT molecular complexity index is 582. The normalized spacial score (nSPS) is 12.6. The molecule has 0 amide bonds. The van der Waals surface area contributed by atoms with Crippen LogP contribution >= 0.6 is 27.3 Å². The molecule has 0 aliphatic carbocycles. The molecule has 1 heterocycles. The van der Waals surface area contributed by atoms with Gasteiger partial charge in [-0.2, -0.15) is 0 Å². The molecule has 1 atom stereocenters. The molecule has 1 nitrogen and oxygen atoms in total. The number of halogens is 2. The SMILES string of the molecule is CCCNC(Cc1ccc(CC)s1)c1cc(F)ccc1Br. The molecule has 4 heteroatoms. The van der Waals surface area contributed by atoms with E-state index in [2.05, 4.69) is 47.2 Å². The molecule has 2 aromatic rings. The van der Waals surface area contributed by atoms with Crippen LogP contribution in [0.15, 0.2) is 34.8 Å². The predicted molar refractivity (Wildman–Crippen MR) is 92.5 cm³/mol. The number of rotatable bonds is 7. The van der Waals surface area contributed by atoms with Crippen LogP contribution in [0.2, 0.25) is 0 Å². The van der Waals surface area contributed by atoms with Crippen molar-refractivity contribution >= 4 is 27.3 Å². The average Bonchev–Trinajstić information content (AvgIpc) is 2.94. The van der Waals surface area contributed by atoms with Gasteiger partial charge >= 0.3 is 0 Å². The van der Waals surface area contributed by atoms with Crippen molar-refractivity contribution in [3.8, 4) is 0 Å². The fourth-order valence-electron chi connectivity index (χ4n) is 2.32. The largest absolute Gasteiger partial charge is 0.310 e. The van der Waals surface area contributed by atoms with Crippen LogP contribution in [-0.4, -0.2) is 6.54 Å². The Morgan fingerprint density at radius 1 is 1.19 bits per heavy atom. The first-order valence-corrected chi connectivity index (χ1v) is 9.00. The van der Waals surface area contributed by atoms with Gasteiger partial charge in [-0.1, -0.05) is 29.8 Å². The highest BCUT2D eigenvalue weighted by Crippen LogP contribution is 2.29. The van der Waals surface area contributed by atoms with Crippen LogP contribution in [0, 0.1) is 5.82 Å². The van der Waals surface area contributed by atoms with Crippen molar-refractivity contribution in [3.05, 3.63) is 55.9 Å². The van der Waals surface area contributed by atoms with Gasteiger partial charge in [0.25, 0.3) is 0 Å². The van der Waals surface area contributed by atoms with Gasteiger partial charge in [0, 0.05) is 26.7 Å². The number of thiophene rings is 1. The van der Waals surface area contributed by atoms with Crippen molar-refractivity contribution < 1.29 is 4.39 Å². The topological polar surface area (TPSA) is 12.0 Å². The quantitative estimate of drug-likeness (QED) is 0.679. The number of hydrogen-bond donors (Lipinski definition) is 1. The number of hydrogen-bond acceptors (Lipinski definition) is 2. The van der Waals surface area contributed by atoms with Gasteiger partial charge < -0.3 is 5.32 Å². The van der Waals surface area contributed by atoms with Gasteiger partial charge in [0.1, 0.15) is 5.82 Å². The summed E-state index contributed by atoms with van der Waals surface area (Å²) in [7, 11) is 0. The maximum Gasteiger partial charge on any atom is 0.123 e. The highest BCUT2D eigenvalue weighted by molar-refractivity contribution is 9.10. The summed E-state index contributed by atoms with van der Waals surface area (Å²) in [5.74, 6) is -0.183. The Labute approximate surface area is 138 Å². The lowest BCUT2D eigenvalue weighted by molar-refractivity contribution is 0.525. The molecule has 1 aromatic carbocycles. The molecule has 0 bridgehead atoms. The van der Waals surface area contributed by atoms with E-state index < -0.39 is 0 Å². The number of benzene rings is 1. The van der Waals surface area contributed by atoms with Gasteiger partial charge in [0.05, 0.1) is 0 Å². The maximum absolute atomic E-state index is 13.6. The molecular weight excluding hydrogens is 349 g/mol. The van der Waals surface area contributed by atoms with Crippen molar-refractivity contribution in [2.24, 2.45) is 0 Å². The van der Waals surface area contributed by atoms with E-state index in [0.29, 0.717) is 0 Å². The Balaban J connectivity index is 2.22. The van der Waals surface area contributed by atoms with Crippen LogP contribution in [-0.2, 0) is 12.8 Å². The lowest BCUT2D eigenvalue weighted by atomic mass is 10.0. The molecule has 1 unspecified atom stereocenters. The fraction of sp³-hybridized carbons (Fsp3) is 0.412. The van der Waals surface area contributed by atoms with Crippen LogP contribution in [0.4, 0.5) is 4.39 Å². The molecule has 114 valence electrons. The van der Waals surface area contributed by atoms with Gasteiger partial charge in [-0.15, -0.1) is 11.3 Å². The van der Waals surface area contributed by atoms with E-state index in [9.17, 15) is 4.39 Å². The summed E-state index contributed by atoms with van der Waals surface area (Å²) >= 11 is 5.40. The van der Waals surface area contributed by atoms with E-state index in [1.165, 1.54) is 15.8 Å². The molecule has 2 rings (SSSR count). The van der Waals surface area contributed by atoms with E-state index in [-0.39, 0.29) is 11.9 Å². The van der Waals surface area contributed by atoms with Gasteiger partial charge in [0.15, 0.2) is 0 Å². The first kappa shape index (κ1) is 16.7. The molecule has 0 radical (unpaired) electrons. The lowest BCUT2D eigenvalue weighted by Gasteiger charge is -2.20. The van der Waals surface area contributed by atoms with Crippen LogP contribution in [0.3, 0.4) is 0 Å². The van der Waals surface area contributed by atoms with Crippen LogP contribution in [0.25, 0.3) is 0 Å². The molecule has 0 aliphatic heterocycles. The third-order valence-electron chi connectivity index (χ3n) is 3.45. The third-order valence-corrected chi connectivity index (χ3v) is 5.42. The smallest absolute Gasteiger partial charge is 0.123 e. The molecule has 0 fully saturated rings. The molecule has 0 spiro atoms. The Hall–Kier alpha value is -0.710. The van der Waals surface area contributed by atoms with Crippen molar-refractivity contribution in [3.63, 3.8) is 0 Å². The Morgan fingerprint density at radius 2 is 1.95 bits per heavy atom. The average molecular weight is 370 g/mol. The minimum atomic E-state index is -0.183. The number of aryl methyl sites for hydroxylation is 1. The van der Waals surface area contributed by atoms with E-state index in [1.54, 1.807) is 12.1 Å². The molecular formula is C17H21BrFNS. The summed E-state index contributed by atoms with van der Waals surface area (Å²) in [6.45, 7) is 5.25. The second kappa shape index (κ2) is 8.06. The summed E-state index contributed by atoms with van der Waals surface area (Å²) in [6, 6.07) is 9.43. The molecule has 21 heavy (non-hydrogen) atoms. The highest BCUT2D eigenvalue weighted by atomic mass is 79.9. The minimum Gasteiger partial charge on any atom is -0.310 e. The summed E-state index contributed by atoms with van der Waals surface area (Å²) in [6.07, 6.45) is 3.03. The van der Waals surface area contributed by atoms with Crippen molar-refractivity contribution in [1.82, 2.24) is 5.32 Å². The Morgan fingerprint density at radius 3 is 2.62 bits per heavy atom. The molecule has 1 N–H and O–H groups in total. The summed E-state index contributed by atoms with van der Waals surface area (Å²) in [5.41, 5.74) is 0.995. The Kier molecular flexibility index (Phi) is 6.40. The lowest BCUT2D eigenvalue weighted by Crippen LogP contribution is -2.24. The zero-order valence-electron chi connectivity index (χ0n) is 12.5. The summed E-state index contributed by atoms with van der Waals surface area (Å²) in [4.78, 5) is 2.74. The number of nitrogens with one attached hydrogen (secondary N) is 1. The first-order chi connectivity index (χ1) is 10.1. The van der Waals surface area contributed by atoms with Crippen LogP contribution < -0.4 is 5.32 Å². The van der Waals surface area contributed by atoms with Gasteiger partial charge in [0.2, 0.25) is 0 Å². The van der Waals surface area contributed by atoms with Crippen molar-refractivity contribution in [2.45, 2.75) is 39.2 Å². The molecule has 1 aromatic heterocycles. The van der Waals surface area contributed by atoms with E-state index in [1.807, 2.05) is 11.3 Å². The predicted octanol–water partition coefficient (Wildman–Crippen LogP) is 5.50. The second-order valence-corrected chi connectivity index (χ2v) is 7.21. The monoisotopic (exact) mass is 369 g/mol. The highest BCUT2D eigenvalue weighted by Gasteiger charge is 2.16. The summed E-state index contributed by atoms with van der Waals surface area (Å²) < 4.78 is 14.5. The van der Waals surface area contributed by atoms with Gasteiger partial charge in [-0.3, -0.25) is 0 Å². The first-order valence-electron chi connectivity index (χ1n) is 7.40. The maximum atomic E-state index is 13.6. The van der Waals surface area contributed by atoms with Crippen LogP contribution in [0.1, 0.15) is 41.6 Å². The molecule has 0 saturated heterocycles. The van der Waals surface area contributed by atoms with E-state index in [4.69, 9.17) is 0 Å². The fourth-order valence-corrected chi connectivity index (χ4v) is 3.84. The van der Waals surface area contributed by atoms with Gasteiger partial charge in [-0.05, 0) is 55.3 Å².